The Morgan fingerprint density at radius 3 is 2.18 bits per heavy atom. The Hall–Kier alpha value is -1.18. The molecule has 62 valence electrons. The zero-order chi connectivity index (χ0) is 8.85. The Kier molecular flexibility index (Phi) is 4.11. The van der Waals surface area contributed by atoms with Crippen LogP contribution in [0.15, 0.2) is 18.2 Å². The summed E-state index contributed by atoms with van der Waals surface area (Å²) in [7, 11) is 0. The average molecular weight is 153 g/mol. The van der Waals surface area contributed by atoms with Crippen LogP contribution in [0, 0.1) is 6.92 Å². The van der Waals surface area contributed by atoms with Gasteiger partial charge < -0.3 is 10.8 Å². The van der Waals surface area contributed by atoms with E-state index in [2.05, 4.69) is 0 Å². The maximum absolute atomic E-state index is 8.99. The van der Waals surface area contributed by atoms with Crippen LogP contribution in [0.25, 0.3) is 0 Å². The standard InChI is InChI=1S/C7H9NO.C2H6/c1-5-4-6(8)2-3-7(5)9;1-2/h2-4,9H,8H2,1H3;1-2H3. The number of phenolic OH excluding ortho intramolecular Hbond substituents is 1. The molecule has 1 aromatic rings. The fourth-order valence-electron chi connectivity index (χ4n) is 0.679. The Labute approximate surface area is 67.7 Å². The maximum atomic E-state index is 8.99. The first-order chi connectivity index (χ1) is 5.20. The summed E-state index contributed by atoms with van der Waals surface area (Å²) in [5.74, 6) is 0.296. The first kappa shape index (κ1) is 9.82. The van der Waals surface area contributed by atoms with Crippen molar-refractivity contribution in [3.8, 4) is 5.75 Å². The van der Waals surface area contributed by atoms with E-state index in [1.807, 2.05) is 20.8 Å². The second-order valence-electron chi connectivity index (χ2n) is 2.05. The molecule has 11 heavy (non-hydrogen) atoms. The molecule has 2 heteroatoms. The maximum Gasteiger partial charge on any atom is 0.118 e. The number of benzene rings is 1. The van der Waals surface area contributed by atoms with Crippen LogP contribution in [-0.2, 0) is 0 Å². The molecule has 3 N–H and O–H groups in total. The Balaban J connectivity index is 0.000000461. The van der Waals surface area contributed by atoms with E-state index in [1.54, 1.807) is 18.2 Å². The second kappa shape index (κ2) is 4.61. The number of aromatic hydroxyl groups is 1. The van der Waals surface area contributed by atoms with Crippen molar-refractivity contribution in [2.45, 2.75) is 20.8 Å². The van der Waals surface area contributed by atoms with E-state index in [0.29, 0.717) is 11.4 Å². The lowest BCUT2D eigenvalue weighted by Crippen LogP contribution is -1.84. The van der Waals surface area contributed by atoms with Crippen molar-refractivity contribution in [2.24, 2.45) is 0 Å². The zero-order valence-corrected chi connectivity index (χ0v) is 7.26. The zero-order valence-electron chi connectivity index (χ0n) is 7.26. The van der Waals surface area contributed by atoms with Crippen LogP contribution in [0.4, 0.5) is 5.69 Å². The molecule has 0 atom stereocenters. The highest BCUT2D eigenvalue weighted by atomic mass is 16.3. The fraction of sp³-hybridized carbons (Fsp3) is 0.333. The molecule has 1 aromatic carbocycles. The van der Waals surface area contributed by atoms with E-state index < -0.39 is 0 Å². The molecule has 0 spiro atoms. The van der Waals surface area contributed by atoms with Crippen molar-refractivity contribution < 1.29 is 5.11 Å². The smallest absolute Gasteiger partial charge is 0.118 e. The summed E-state index contributed by atoms with van der Waals surface area (Å²) in [5, 5.41) is 8.99. The third-order valence-corrected chi connectivity index (χ3v) is 1.22. The summed E-state index contributed by atoms with van der Waals surface area (Å²) in [4.78, 5) is 0. The molecule has 2 nitrogen and oxygen atoms in total. The number of nitrogen functional groups attached to an aromatic ring is 1. The largest absolute Gasteiger partial charge is 0.508 e. The quantitative estimate of drug-likeness (QED) is 0.444. The summed E-state index contributed by atoms with van der Waals surface area (Å²) in [6, 6.07) is 4.99. The number of hydrogen-bond acceptors (Lipinski definition) is 2. The Bertz CT molecular complexity index is 221. The Morgan fingerprint density at radius 1 is 1.27 bits per heavy atom. The molecule has 0 unspecified atom stereocenters. The average Bonchev–Trinajstić information content (AvgIpc) is 2.02. The van der Waals surface area contributed by atoms with Gasteiger partial charge in [-0.05, 0) is 30.7 Å². The van der Waals surface area contributed by atoms with Gasteiger partial charge in [0.25, 0.3) is 0 Å². The molecule has 1 rings (SSSR count). The molecule has 0 saturated heterocycles. The van der Waals surface area contributed by atoms with E-state index in [9.17, 15) is 0 Å². The van der Waals surface area contributed by atoms with Crippen LogP contribution in [0.3, 0.4) is 0 Å². The number of aryl methyl sites for hydroxylation is 1. The number of nitrogens with two attached hydrogens (primary N) is 1. The van der Waals surface area contributed by atoms with Gasteiger partial charge in [0.05, 0.1) is 0 Å². The van der Waals surface area contributed by atoms with Crippen LogP contribution in [0.5, 0.6) is 5.75 Å². The van der Waals surface area contributed by atoms with Crippen molar-refractivity contribution in [1.29, 1.82) is 0 Å². The van der Waals surface area contributed by atoms with Gasteiger partial charge in [-0.25, -0.2) is 0 Å². The molecule has 0 saturated carbocycles. The topological polar surface area (TPSA) is 46.2 Å². The molecule has 0 amide bonds. The normalized spacial score (nSPS) is 8.27. The van der Waals surface area contributed by atoms with Gasteiger partial charge in [-0.3, -0.25) is 0 Å². The predicted octanol–water partition coefficient (Wildman–Crippen LogP) is 2.31. The molecular weight excluding hydrogens is 138 g/mol. The molecule has 0 aliphatic heterocycles. The highest BCUT2D eigenvalue weighted by Crippen LogP contribution is 2.17. The molecule has 0 aliphatic rings. The summed E-state index contributed by atoms with van der Waals surface area (Å²) in [5.41, 5.74) is 6.92. The highest BCUT2D eigenvalue weighted by molar-refractivity contribution is 5.46. The third kappa shape index (κ3) is 2.94. The van der Waals surface area contributed by atoms with Crippen molar-refractivity contribution in [1.82, 2.24) is 0 Å². The number of anilines is 1. The van der Waals surface area contributed by atoms with Crippen molar-refractivity contribution in [3.63, 3.8) is 0 Å². The third-order valence-electron chi connectivity index (χ3n) is 1.22. The van der Waals surface area contributed by atoms with Crippen LogP contribution < -0.4 is 5.73 Å². The van der Waals surface area contributed by atoms with Gasteiger partial charge in [-0.1, -0.05) is 13.8 Å². The van der Waals surface area contributed by atoms with E-state index in [-0.39, 0.29) is 0 Å². The van der Waals surface area contributed by atoms with Crippen molar-refractivity contribution >= 4 is 5.69 Å². The van der Waals surface area contributed by atoms with Crippen molar-refractivity contribution in [3.05, 3.63) is 23.8 Å². The van der Waals surface area contributed by atoms with Gasteiger partial charge in [0.2, 0.25) is 0 Å². The number of phenols is 1. The lowest BCUT2D eigenvalue weighted by molar-refractivity contribution is 0.471. The predicted molar refractivity (Wildman–Crippen MR) is 48.6 cm³/mol. The molecule has 0 radical (unpaired) electrons. The molecule has 0 heterocycles. The van der Waals surface area contributed by atoms with E-state index in [1.165, 1.54) is 0 Å². The molecule has 0 aliphatic carbocycles. The first-order valence-corrected chi connectivity index (χ1v) is 3.75. The van der Waals surface area contributed by atoms with E-state index in [0.717, 1.165) is 5.56 Å². The minimum Gasteiger partial charge on any atom is -0.508 e. The van der Waals surface area contributed by atoms with E-state index >= 15 is 0 Å². The summed E-state index contributed by atoms with van der Waals surface area (Å²) < 4.78 is 0. The van der Waals surface area contributed by atoms with Crippen LogP contribution in [0.1, 0.15) is 19.4 Å². The second-order valence-corrected chi connectivity index (χ2v) is 2.05. The van der Waals surface area contributed by atoms with Gasteiger partial charge in [-0.2, -0.15) is 0 Å². The SMILES string of the molecule is CC.Cc1cc(N)ccc1O. The summed E-state index contributed by atoms with van der Waals surface area (Å²) in [6.45, 7) is 5.81. The highest BCUT2D eigenvalue weighted by Gasteiger charge is 1.92. The minimum atomic E-state index is 0.296. The molecule has 0 bridgehead atoms. The van der Waals surface area contributed by atoms with Crippen LogP contribution in [0.2, 0.25) is 0 Å². The van der Waals surface area contributed by atoms with Gasteiger partial charge in [-0.15, -0.1) is 0 Å². The molecule has 0 aromatic heterocycles. The van der Waals surface area contributed by atoms with Gasteiger partial charge in [0.1, 0.15) is 5.75 Å². The molecule has 0 fully saturated rings. The summed E-state index contributed by atoms with van der Waals surface area (Å²) >= 11 is 0. The van der Waals surface area contributed by atoms with Gasteiger partial charge >= 0.3 is 0 Å². The Morgan fingerprint density at radius 2 is 1.82 bits per heavy atom. The minimum absolute atomic E-state index is 0.296. The van der Waals surface area contributed by atoms with Gasteiger partial charge in [0.15, 0.2) is 0 Å². The fourth-order valence-corrected chi connectivity index (χ4v) is 0.679. The first-order valence-electron chi connectivity index (χ1n) is 3.75. The number of hydrogen-bond donors (Lipinski definition) is 2. The number of rotatable bonds is 0. The lowest BCUT2D eigenvalue weighted by atomic mass is 10.2. The van der Waals surface area contributed by atoms with Crippen molar-refractivity contribution in [2.75, 3.05) is 5.73 Å². The van der Waals surface area contributed by atoms with Crippen LogP contribution >= 0.6 is 0 Å². The lowest BCUT2D eigenvalue weighted by Gasteiger charge is -1.97. The van der Waals surface area contributed by atoms with Crippen LogP contribution in [-0.4, -0.2) is 5.11 Å². The molecular formula is C9H15NO. The van der Waals surface area contributed by atoms with E-state index in [4.69, 9.17) is 10.8 Å². The summed E-state index contributed by atoms with van der Waals surface area (Å²) in [6.07, 6.45) is 0. The van der Waals surface area contributed by atoms with Gasteiger partial charge in [0, 0.05) is 5.69 Å². The monoisotopic (exact) mass is 153 g/mol.